The lowest BCUT2D eigenvalue weighted by Crippen LogP contribution is -2.76. The van der Waals surface area contributed by atoms with E-state index in [9.17, 15) is 45.6 Å². The number of rotatable bonds is 6. The highest BCUT2D eigenvalue weighted by Crippen LogP contribution is 2.76. The summed E-state index contributed by atoms with van der Waals surface area (Å²) in [5.41, 5.74) is -3.09. The Morgan fingerprint density at radius 3 is 2.17 bits per heavy atom. The van der Waals surface area contributed by atoms with Gasteiger partial charge in [-0.2, -0.15) is 0 Å². The summed E-state index contributed by atoms with van der Waals surface area (Å²) in [6.45, 7) is 17.0. The minimum Gasteiger partial charge on any atom is -0.456 e. The van der Waals surface area contributed by atoms with Gasteiger partial charge in [0.25, 0.3) is 0 Å². The fourth-order valence-corrected chi connectivity index (χ4v) is 12.9. The molecule has 6 aliphatic rings. The maximum absolute atomic E-state index is 13.3. The Kier molecular flexibility index (Phi) is 10.6. The van der Waals surface area contributed by atoms with Crippen molar-refractivity contribution in [2.45, 2.75) is 162 Å². The van der Waals surface area contributed by atoms with Crippen molar-refractivity contribution in [3.63, 3.8) is 0 Å². The Morgan fingerprint density at radius 1 is 0.887 bits per heavy atom. The molecule has 1 heterocycles. The van der Waals surface area contributed by atoms with Crippen molar-refractivity contribution in [3.8, 4) is 0 Å². The molecule has 6 rings (SSSR count). The number of hydrogen-bond acceptors (Lipinski definition) is 12. The number of carbonyl (C=O) groups is 1. The smallest absolute Gasteiger partial charge is 0.333 e. The number of esters is 1. The van der Waals surface area contributed by atoms with Gasteiger partial charge in [-0.3, -0.25) is 0 Å². The van der Waals surface area contributed by atoms with Crippen LogP contribution < -0.4 is 0 Å². The molecule has 1 saturated heterocycles. The zero-order valence-electron chi connectivity index (χ0n) is 33.0. The van der Waals surface area contributed by atoms with E-state index in [1.54, 1.807) is 19.9 Å². The lowest BCUT2D eigenvalue weighted by Gasteiger charge is -2.73. The molecule has 0 radical (unpaired) electrons. The van der Waals surface area contributed by atoms with Gasteiger partial charge < -0.3 is 55.1 Å². The number of aliphatic hydroxyl groups is 8. The second-order valence-electron chi connectivity index (χ2n) is 19.5. The van der Waals surface area contributed by atoms with Gasteiger partial charge >= 0.3 is 5.97 Å². The van der Waals surface area contributed by atoms with E-state index in [1.165, 1.54) is 0 Å². The molecular weight excluding hydrogens is 684 g/mol. The molecule has 12 nitrogen and oxygen atoms in total. The van der Waals surface area contributed by atoms with Gasteiger partial charge in [-0.05, 0) is 86.4 Å². The lowest BCUT2D eigenvalue weighted by atomic mass is 9.32. The van der Waals surface area contributed by atoms with E-state index in [-0.39, 0.29) is 22.7 Å². The Labute approximate surface area is 314 Å². The summed E-state index contributed by atoms with van der Waals surface area (Å²) in [6, 6.07) is 0. The van der Waals surface area contributed by atoms with E-state index in [1.807, 2.05) is 13.8 Å². The predicted molar refractivity (Wildman–Crippen MR) is 194 cm³/mol. The zero-order valence-corrected chi connectivity index (χ0v) is 33.0. The quantitative estimate of drug-likeness (QED) is 0.112. The zero-order chi connectivity index (χ0) is 39.4. The van der Waals surface area contributed by atoms with Crippen LogP contribution in [0.1, 0.15) is 101 Å². The van der Waals surface area contributed by atoms with Crippen LogP contribution in [0.2, 0.25) is 0 Å². The van der Waals surface area contributed by atoms with Crippen molar-refractivity contribution >= 4 is 5.97 Å². The van der Waals surface area contributed by atoms with Crippen LogP contribution in [0.15, 0.2) is 23.3 Å². The second kappa shape index (κ2) is 13.6. The van der Waals surface area contributed by atoms with Gasteiger partial charge in [0.05, 0.1) is 36.9 Å². The number of ether oxygens (including phenoxy) is 3. The van der Waals surface area contributed by atoms with E-state index >= 15 is 0 Å². The number of allylic oxidation sites excluding steroid dienone is 2. The maximum atomic E-state index is 13.3. The standard InChI is InChI=1S/C41H66O12/c1-10-20(2)34(50)53-33-32(49)41(19-51-35-29(46)28(45)27(44)23(18-42)52-35)22(17-36(33,3)4)21-11-12-25-38(7)15-14-26(43)37(5,6)24(38)13-16-39(25,8)40(21,9)30(47)31(41)48/h10-11,22-33,35,42-49H,12-19H2,1-9H3. The predicted octanol–water partition coefficient (Wildman–Crippen LogP) is 2.37. The molecule has 0 aromatic heterocycles. The van der Waals surface area contributed by atoms with Crippen LogP contribution >= 0.6 is 0 Å². The Hall–Kier alpha value is -1.45. The summed E-state index contributed by atoms with van der Waals surface area (Å²) in [6.07, 6.45) is -5.93. The number of fused-ring (bicyclic) bond motifs is 7. The van der Waals surface area contributed by atoms with Crippen LogP contribution in [-0.4, -0.2) is 121 Å². The summed E-state index contributed by atoms with van der Waals surface area (Å²) in [5.74, 6) is -0.820. The molecule has 5 fully saturated rings. The topological polar surface area (TPSA) is 207 Å². The monoisotopic (exact) mass is 750 g/mol. The van der Waals surface area contributed by atoms with Crippen molar-refractivity contribution in [1.82, 2.24) is 0 Å². The van der Waals surface area contributed by atoms with E-state index < -0.39 is 108 Å². The van der Waals surface area contributed by atoms with Crippen molar-refractivity contribution < 1.29 is 59.9 Å². The van der Waals surface area contributed by atoms with Crippen LogP contribution in [0.3, 0.4) is 0 Å². The first-order valence-electron chi connectivity index (χ1n) is 19.7. The van der Waals surface area contributed by atoms with E-state index in [0.717, 1.165) is 24.8 Å². The molecular formula is C41H66O12. The van der Waals surface area contributed by atoms with Crippen LogP contribution in [0, 0.1) is 50.2 Å². The van der Waals surface area contributed by atoms with Crippen LogP contribution in [0.25, 0.3) is 0 Å². The Bertz CT molecular complexity index is 1470. The normalized spacial score (nSPS) is 51.9. The number of aliphatic hydroxyl groups excluding tert-OH is 8. The maximum Gasteiger partial charge on any atom is 0.333 e. The van der Waals surface area contributed by atoms with Crippen molar-refractivity contribution in [2.24, 2.45) is 50.2 Å². The first-order valence-corrected chi connectivity index (χ1v) is 19.7. The molecule has 17 atom stereocenters. The van der Waals surface area contributed by atoms with Crippen LogP contribution in [0.4, 0.5) is 0 Å². The summed E-state index contributed by atoms with van der Waals surface area (Å²) >= 11 is 0. The molecule has 0 aromatic rings. The second-order valence-corrected chi connectivity index (χ2v) is 19.5. The Balaban J connectivity index is 1.47. The average molecular weight is 751 g/mol. The highest BCUT2D eigenvalue weighted by Gasteiger charge is 2.75. The molecule has 0 aromatic carbocycles. The van der Waals surface area contributed by atoms with E-state index in [0.29, 0.717) is 24.8 Å². The molecule has 1 aliphatic heterocycles. The molecule has 0 spiro atoms. The lowest BCUT2D eigenvalue weighted by molar-refractivity contribution is -0.333. The third kappa shape index (κ3) is 5.62. The molecule has 4 saturated carbocycles. The van der Waals surface area contributed by atoms with E-state index in [2.05, 4.69) is 40.7 Å². The number of hydrogen-bond donors (Lipinski definition) is 8. The fraction of sp³-hybridized carbons (Fsp3) is 0.878. The largest absolute Gasteiger partial charge is 0.456 e. The van der Waals surface area contributed by atoms with Gasteiger partial charge in [0.2, 0.25) is 0 Å². The molecule has 53 heavy (non-hydrogen) atoms. The first kappa shape index (κ1) is 41.2. The van der Waals surface area contributed by atoms with Crippen molar-refractivity contribution in [3.05, 3.63) is 23.3 Å². The summed E-state index contributed by atoms with van der Waals surface area (Å²) in [4.78, 5) is 13.3. The van der Waals surface area contributed by atoms with Gasteiger partial charge in [0.15, 0.2) is 6.29 Å². The SMILES string of the molecule is CC=C(C)C(=O)OC1C(O)C2(COC3OC(CO)C(O)C(O)C3O)C(CC1(C)C)C1=CCC3C4(C)CCC(O)C(C)(C)C4CCC3(C)C1(C)C(O)C2O. The molecule has 0 bridgehead atoms. The Morgan fingerprint density at radius 2 is 1.55 bits per heavy atom. The van der Waals surface area contributed by atoms with Gasteiger partial charge in [0, 0.05) is 16.4 Å². The first-order chi connectivity index (χ1) is 24.5. The van der Waals surface area contributed by atoms with Crippen molar-refractivity contribution in [1.29, 1.82) is 0 Å². The third-order valence-corrected chi connectivity index (χ3v) is 16.5. The minimum atomic E-state index is -1.73. The van der Waals surface area contributed by atoms with Crippen molar-refractivity contribution in [2.75, 3.05) is 13.2 Å². The summed E-state index contributed by atoms with van der Waals surface area (Å²) in [5, 5.41) is 91.0. The number of carbonyl (C=O) groups excluding carboxylic acids is 1. The molecule has 12 heteroatoms. The van der Waals surface area contributed by atoms with Gasteiger partial charge in [-0.15, -0.1) is 0 Å². The molecule has 17 unspecified atom stereocenters. The highest BCUT2D eigenvalue weighted by molar-refractivity contribution is 5.87. The fourth-order valence-electron chi connectivity index (χ4n) is 12.9. The molecule has 5 aliphatic carbocycles. The molecule has 8 N–H and O–H groups in total. The van der Waals surface area contributed by atoms with E-state index in [4.69, 9.17) is 14.2 Å². The third-order valence-electron chi connectivity index (χ3n) is 16.5. The molecule has 0 amide bonds. The van der Waals surface area contributed by atoms with Gasteiger partial charge in [0.1, 0.15) is 36.6 Å². The van der Waals surface area contributed by atoms with Crippen LogP contribution in [0.5, 0.6) is 0 Å². The summed E-state index contributed by atoms with van der Waals surface area (Å²) in [7, 11) is 0. The van der Waals surface area contributed by atoms with Gasteiger partial charge in [-0.25, -0.2) is 4.79 Å². The molecule has 302 valence electrons. The summed E-state index contributed by atoms with van der Waals surface area (Å²) < 4.78 is 17.9. The van der Waals surface area contributed by atoms with Gasteiger partial charge in [-0.1, -0.05) is 66.2 Å². The minimum absolute atomic E-state index is 0.132. The highest BCUT2D eigenvalue weighted by atomic mass is 16.7. The van der Waals surface area contributed by atoms with Crippen LogP contribution in [-0.2, 0) is 19.0 Å². The average Bonchev–Trinajstić information content (AvgIpc) is 3.10.